The molecule has 0 aromatic heterocycles. The van der Waals surface area contributed by atoms with Crippen LogP contribution in [-0.4, -0.2) is 11.1 Å². The third-order valence-corrected chi connectivity index (χ3v) is 2.71. The molecule has 1 atom stereocenters. The Labute approximate surface area is 99.0 Å². The zero-order chi connectivity index (χ0) is 12.1. The van der Waals surface area contributed by atoms with Crippen molar-refractivity contribution in [3.63, 3.8) is 0 Å². The van der Waals surface area contributed by atoms with Crippen molar-refractivity contribution in [3.05, 3.63) is 34.6 Å². The number of rotatable bonds is 5. The second kappa shape index (κ2) is 5.85. The predicted octanol–water partition coefficient (Wildman–Crippen LogP) is 3.84. The summed E-state index contributed by atoms with van der Waals surface area (Å²) in [5.74, 6) is -2.32. The molecule has 0 aliphatic heterocycles. The van der Waals surface area contributed by atoms with E-state index in [0.29, 0.717) is 11.4 Å². The summed E-state index contributed by atoms with van der Waals surface area (Å²) in [6.07, 6.45) is 2.07. The monoisotopic (exact) mass is 244 g/mol. The third-order valence-electron chi connectivity index (χ3n) is 2.48. The summed E-state index contributed by atoms with van der Waals surface area (Å²) in [5.41, 5.74) is 0.174. The Balaban J connectivity index is 3.00. The molecule has 1 N–H and O–H groups in total. The number of hydrogen-bond acceptors (Lipinski definition) is 1. The van der Waals surface area contributed by atoms with Crippen LogP contribution in [0.25, 0.3) is 0 Å². The predicted molar refractivity (Wildman–Crippen MR) is 61.3 cm³/mol. The summed E-state index contributed by atoms with van der Waals surface area (Å²) in [6.45, 7) is 1.97. The molecule has 1 aromatic carbocycles. The fraction of sp³-hybridized carbons (Fsp3) is 0.417. The highest BCUT2D eigenvalue weighted by molar-refractivity contribution is 6.30. The number of carboxylic acid groups (broad SMARTS) is 1. The first kappa shape index (κ1) is 13.0. The summed E-state index contributed by atoms with van der Waals surface area (Å²) in [4.78, 5) is 11.1. The molecule has 1 unspecified atom stereocenters. The highest BCUT2D eigenvalue weighted by atomic mass is 35.5. The van der Waals surface area contributed by atoms with Gasteiger partial charge < -0.3 is 5.11 Å². The summed E-state index contributed by atoms with van der Waals surface area (Å²) in [7, 11) is 0. The molecule has 0 saturated carbocycles. The van der Waals surface area contributed by atoms with E-state index in [1.54, 1.807) is 0 Å². The Kier molecular flexibility index (Phi) is 4.74. The largest absolute Gasteiger partial charge is 0.481 e. The van der Waals surface area contributed by atoms with E-state index in [4.69, 9.17) is 16.7 Å². The number of halogens is 2. The highest BCUT2D eigenvalue weighted by Gasteiger charge is 2.22. The molecule has 0 saturated heterocycles. The van der Waals surface area contributed by atoms with E-state index in [1.807, 2.05) is 6.92 Å². The minimum atomic E-state index is -1.00. The average Bonchev–Trinajstić information content (AvgIpc) is 2.23. The Bertz CT molecular complexity index is 379. The van der Waals surface area contributed by atoms with Gasteiger partial charge in [0, 0.05) is 10.6 Å². The van der Waals surface area contributed by atoms with Crippen molar-refractivity contribution in [2.24, 2.45) is 0 Å². The van der Waals surface area contributed by atoms with Gasteiger partial charge >= 0.3 is 5.97 Å². The molecule has 1 rings (SSSR count). The molecule has 0 radical (unpaired) electrons. The lowest BCUT2D eigenvalue weighted by Gasteiger charge is -2.13. The van der Waals surface area contributed by atoms with Crippen LogP contribution in [0.15, 0.2) is 18.2 Å². The van der Waals surface area contributed by atoms with Crippen LogP contribution in [0.4, 0.5) is 4.39 Å². The molecule has 88 valence electrons. The summed E-state index contributed by atoms with van der Waals surface area (Å²) >= 11 is 5.74. The van der Waals surface area contributed by atoms with Gasteiger partial charge in [-0.15, -0.1) is 0 Å². The maximum Gasteiger partial charge on any atom is 0.311 e. The number of carbonyl (C=O) groups is 1. The summed E-state index contributed by atoms with van der Waals surface area (Å²) in [5, 5.41) is 9.42. The minimum absolute atomic E-state index is 0.174. The van der Waals surface area contributed by atoms with Gasteiger partial charge in [-0.1, -0.05) is 31.4 Å². The Morgan fingerprint density at radius 1 is 1.56 bits per heavy atom. The molecule has 16 heavy (non-hydrogen) atoms. The van der Waals surface area contributed by atoms with Gasteiger partial charge in [0.25, 0.3) is 0 Å². The molecule has 1 aromatic rings. The van der Waals surface area contributed by atoms with Crippen molar-refractivity contribution in [3.8, 4) is 0 Å². The fourth-order valence-electron chi connectivity index (χ4n) is 1.60. The first-order valence-corrected chi connectivity index (χ1v) is 5.61. The Hall–Kier alpha value is -1.09. The first-order chi connectivity index (χ1) is 7.56. The van der Waals surface area contributed by atoms with Gasteiger partial charge in [-0.25, -0.2) is 4.39 Å². The summed E-state index contributed by atoms with van der Waals surface area (Å²) in [6, 6.07) is 4.02. The number of carboxylic acids is 1. The lowest BCUT2D eigenvalue weighted by molar-refractivity contribution is -0.139. The molecule has 0 aliphatic carbocycles. The van der Waals surface area contributed by atoms with E-state index in [1.165, 1.54) is 18.2 Å². The van der Waals surface area contributed by atoms with E-state index in [2.05, 4.69) is 0 Å². The van der Waals surface area contributed by atoms with E-state index < -0.39 is 17.7 Å². The smallest absolute Gasteiger partial charge is 0.311 e. The lowest BCUT2D eigenvalue weighted by atomic mass is 9.93. The second-order valence-electron chi connectivity index (χ2n) is 3.70. The SMILES string of the molecule is CCCCC(C(=O)O)c1cc(Cl)ccc1F. The summed E-state index contributed by atoms with van der Waals surface area (Å²) < 4.78 is 13.5. The topological polar surface area (TPSA) is 37.3 Å². The third kappa shape index (κ3) is 3.20. The number of unbranched alkanes of at least 4 members (excludes halogenated alkanes) is 1. The van der Waals surface area contributed by atoms with Gasteiger partial charge in [-0.2, -0.15) is 0 Å². The molecule has 0 aliphatic rings. The highest BCUT2D eigenvalue weighted by Crippen LogP contribution is 2.27. The number of benzene rings is 1. The van der Waals surface area contributed by atoms with Crippen LogP contribution in [0.5, 0.6) is 0 Å². The average molecular weight is 245 g/mol. The standard InChI is InChI=1S/C12H14ClFO2/c1-2-3-4-9(12(15)16)10-7-8(13)5-6-11(10)14/h5-7,9H,2-4H2,1H3,(H,15,16). The molecular formula is C12H14ClFO2. The van der Waals surface area contributed by atoms with Crippen molar-refractivity contribution in [2.75, 3.05) is 0 Å². The zero-order valence-corrected chi connectivity index (χ0v) is 9.80. The molecular weight excluding hydrogens is 231 g/mol. The second-order valence-corrected chi connectivity index (χ2v) is 4.14. The molecule has 0 bridgehead atoms. The quantitative estimate of drug-likeness (QED) is 0.855. The van der Waals surface area contributed by atoms with Gasteiger partial charge in [-0.05, 0) is 24.6 Å². The van der Waals surface area contributed by atoms with Gasteiger partial charge in [0.2, 0.25) is 0 Å². The normalized spacial score (nSPS) is 12.4. The van der Waals surface area contributed by atoms with Crippen LogP contribution in [0.3, 0.4) is 0 Å². The lowest BCUT2D eigenvalue weighted by Crippen LogP contribution is -2.13. The van der Waals surface area contributed by atoms with Crippen LogP contribution < -0.4 is 0 Å². The van der Waals surface area contributed by atoms with Crippen LogP contribution in [0.1, 0.15) is 37.7 Å². The van der Waals surface area contributed by atoms with Crippen LogP contribution in [0, 0.1) is 5.82 Å². The molecule has 0 amide bonds. The van der Waals surface area contributed by atoms with E-state index in [0.717, 1.165) is 12.8 Å². The molecule has 0 fully saturated rings. The first-order valence-electron chi connectivity index (χ1n) is 5.24. The van der Waals surface area contributed by atoms with Crippen LogP contribution in [0.2, 0.25) is 5.02 Å². The zero-order valence-electron chi connectivity index (χ0n) is 9.04. The number of hydrogen-bond donors (Lipinski definition) is 1. The Morgan fingerprint density at radius 2 is 2.25 bits per heavy atom. The molecule has 0 heterocycles. The van der Waals surface area contributed by atoms with Crippen LogP contribution >= 0.6 is 11.6 Å². The van der Waals surface area contributed by atoms with Gasteiger partial charge in [0.05, 0.1) is 5.92 Å². The van der Waals surface area contributed by atoms with Crippen molar-refractivity contribution in [1.82, 2.24) is 0 Å². The molecule has 4 heteroatoms. The molecule has 0 spiro atoms. The van der Waals surface area contributed by atoms with E-state index in [-0.39, 0.29) is 5.56 Å². The fourth-order valence-corrected chi connectivity index (χ4v) is 1.78. The maximum absolute atomic E-state index is 13.5. The number of aliphatic carboxylic acids is 1. The van der Waals surface area contributed by atoms with Crippen molar-refractivity contribution in [1.29, 1.82) is 0 Å². The van der Waals surface area contributed by atoms with Gasteiger partial charge in [-0.3, -0.25) is 4.79 Å². The minimum Gasteiger partial charge on any atom is -0.481 e. The van der Waals surface area contributed by atoms with Crippen molar-refractivity contribution in [2.45, 2.75) is 32.1 Å². The Morgan fingerprint density at radius 3 is 2.81 bits per heavy atom. The van der Waals surface area contributed by atoms with Crippen LogP contribution in [-0.2, 0) is 4.79 Å². The van der Waals surface area contributed by atoms with Crippen molar-refractivity contribution >= 4 is 17.6 Å². The van der Waals surface area contributed by atoms with Gasteiger partial charge in [0.15, 0.2) is 0 Å². The molecule has 2 nitrogen and oxygen atoms in total. The van der Waals surface area contributed by atoms with E-state index >= 15 is 0 Å². The van der Waals surface area contributed by atoms with Crippen molar-refractivity contribution < 1.29 is 14.3 Å². The maximum atomic E-state index is 13.5. The van der Waals surface area contributed by atoms with Gasteiger partial charge in [0.1, 0.15) is 5.82 Å². The van der Waals surface area contributed by atoms with E-state index in [9.17, 15) is 9.18 Å².